The molecule has 0 aliphatic carbocycles. The van der Waals surface area contributed by atoms with Gasteiger partial charge >= 0.3 is 11.9 Å². The molecular weight excluding hydrogens is 432 g/mol. The fraction of sp³-hybridized carbons (Fsp3) is 0.889. The molecule has 0 saturated heterocycles. The Morgan fingerprint density at radius 1 is 0.735 bits per heavy atom. The number of carbonyl (C=O) groups is 3. The zero-order valence-electron chi connectivity index (χ0n) is 22.0. The summed E-state index contributed by atoms with van der Waals surface area (Å²) in [7, 11) is 0. The first-order valence-corrected chi connectivity index (χ1v) is 13.9. The van der Waals surface area contributed by atoms with E-state index in [0.29, 0.717) is 38.6 Å². The minimum Gasteiger partial charge on any atom is -0.480 e. The van der Waals surface area contributed by atoms with Gasteiger partial charge < -0.3 is 20.9 Å². The maximum absolute atomic E-state index is 12.3. The molecule has 0 radical (unpaired) electrons. The number of hydrogen-bond donors (Lipinski definition) is 3. The van der Waals surface area contributed by atoms with Crippen LogP contribution < -0.4 is 11.1 Å². The van der Waals surface area contributed by atoms with E-state index in [-0.39, 0.29) is 18.0 Å². The number of aliphatic carboxylic acids is 1. The van der Waals surface area contributed by atoms with Gasteiger partial charge in [0.15, 0.2) is 0 Å². The topological polar surface area (TPSA) is 119 Å². The normalized spacial score (nSPS) is 12.8. The van der Waals surface area contributed by atoms with Crippen LogP contribution in [0.5, 0.6) is 0 Å². The molecule has 0 aromatic carbocycles. The second kappa shape index (κ2) is 23.1. The molecule has 34 heavy (non-hydrogen) atoms. The second-order valence-corrected chi connectivity index (χ2v) is 9.47. The fourth-order valence-corrected chi connectivity index (χ4v) is 4.02. The van der Waals surface area contributed by atoms with E-state index >= 15 is 0 Å². The van der Waals surface area contributed by atoms with Crippen molar-refractivity contribution in [3.63, 3.8) is 0 Å². The molecular formula is C27H52N2O5. The lowest BCUT2D eigenvalue weighted by Crippen LogP contribution is -2.40. The van der Waals surface area contributed by atoms with Gasteiger partial charge in [-0.2, -0.15) is 0 Å². The summed E-state index contributed by atoms with van der Waals surface area (Å²) in [5, 5.41) is 11.8. The van der Waals surface area contributed by atoms with Gasteiger partial charge in [0, 0.05) is 12.8 Å². The van der Waals surface area contributed by atoms with Gasteiger partial charge in [0.1, 0.15) is 12.1 Å². The van der Waals surface area contributed by atoms with Gasteiger partial charge in [0.05, 0.1) is 0 Å². The van der Waals surface area contributed by atoms with Gasteiger partial charge in [0.2, 0.25) is 5.91 Å². The van der Waals surface area contributed by atoms with Gasteiger partial charge in [-0.25, -0.2) is 4.79 Å². The minimum absolute atomic E-state index is 0.0389. The van der Waals surface area contributed by atoms with Crippen LogP contribution in [0.3, 0.4) is 0 Å². The molecule has 2 atom stereocenters. The molecule has 0 bridgehead atoms. The largest absolute Gasteiger partial charge is 0.480 e. The smallest absolute Gasteiger partial charge is 0.326 e. The average molecular weight is 485 g/mol. The van der Waals surface area contributed by atoms with Crippen molar-refractivity contribution in [2.45, 2.75) is 148 Å². The van der Waals surface area contributed by atoms with Gasteiger partial charge in [0.25, 0.3) is 0 Å². The highest BCUT2D eigenvalue weighted by molar-refractivity contribution is 5.83. The molecule has 0 rings (SSSR count). The van der Waals surface area contributed by atoms with E-state index in [9.17, 15) is 19.5 Å². The van der Waals surface area contributed by atoms with Crippen molar-refractivity contribution in [3.05, 3.63) is 0 Å². The zero-order valence-corrected chi connectivity index (χ0v) is 22.0. The van der Waals surface area contributed by atoms with E-state index in [1.165, 1.54) is 38.5 Å². The van der Waals surface area contributed by atoms with E-state index in [1.54, 1.807) is 0 Å². The summed E-state index contributed by atoms with van der Waals surface area (Å²) in [4.78, 5) is 35.5. The Bertz CT molecular complexity index is 527. The summed E-state index contributed by atoms with van der Waals surface area (Å²) >= 11 is 0. The molecule has 0 aromatic rings. The standard InChI is InChI=1S/C27H52N2O5/c1-3-5-7-8-9-10-11-15-21-26(31)34-23(17-6-4-2)18-13-12-14-20-25(30)29-24(27(32)33)19-16-22-28/h23-24H,3-22,28H2,1-2H3,(H,29,30)(H,32,33). The van der Waals surface area contributed by atoms with Gasteiger partial charge in [-0.1, -0.05) is 78.1 Å². The van der Waals surface area contributed by atoms with Crippen LogP contribution in [0.4, 0.5) is 0 Å². The molecule has 0 aliphatic rings. The number of carboxylic acids is 1. The van der Waals surface area contributed by atoms with E-state index in [4.69, 9.17) is 10.5 Å². The number of amides is 1. The first-order chi connectivity index (χ1) is 16.4. The lowest BCUT2D eigenvalue weighted by molar-refractivity contribution is -0.150. The highest BCUT2D eigenvalue weighted by Gasteiger charge is 2.19. The average Bonchev–Trinajstić information content (AvgIpc) is 2.81. The molecule has 7 heteroatoms. The molecule has 0 fully saturated rings. The third kappa shape index (κ3) is 19.8. The summed E-state index contributed by atoms with van der Waals surface area (Å²) in [6, 6.07) is -0.866. The summed E-state index contributed by atoms with van der Waals surface area (Å²) < 4.78 is 5.76. The number of nitrogens with two attached hydrogens (primary N) is 1. The van der Waals surface area contributed by atoms with Crippen molar-refractivity contribution in [1.82, 2.24) is 5.32 Å². The fourth-order valence-electron chi connectivity index (χ4n) is 4.02. The maximum atomic E-state index is 12.3. The van der Waals surface area contributed by atoms with Crippen molar-refractivity contribution < 1.29 is 24.2 Å². The Kier molecular flexibility index (Phi) is 22.0. The minimum atomic E-state index is -1.02. The molecule has 4 N–H and O–H groups in total. The Balaban J connectivity index is 4.06. The number of carbonyl (C=O) groups excluding carboxylic acids is 2. The summed E-state index contributed by atoms with van der Waals surface area (Å²) in [5.74, 6) is -1.33. The summed E-state index contributed by atoms with van der Waals surface area (Å²) in [5.41, 5.74) is 5.42. The molecule has 1 amide bonds. The highest BCUT2D eigenvalue weighted by atomic mass is 16.5. The summed E-state index contributed by atoms with van der Waals surface area (Å²) in [6.07, 6.45) is 17.6. The molecule has 0 aromatic heterocycles. The number of esters is 1. The van der Waals surface area contributed by atoms with E-state index in [1.807, 2.05) is 0 Å². The van der Waals surface area contributed by atoms with Crippen LogP contribution in [0, 0.1) is 0 Å². The predicted molar refractivity (Wildman–Crippen MR) is 138 cm³/mol. The van der Waals surface area contributed by atoms with Crippen LogP contribution in [0.1, 0.15) is 136 Å². The van der Waals surface area contributed by atoms with Crippen LogP contribution in [0.2, 0.25) is 0 Å². The number of carboxylic acid groups (broad SMARTS) is 1. The van der Waals surface area contributed by atoms with Crippen LogP contribution >= 0.6 is 0 Å². The van der Waals surface area contributed by atoms with Crippen molar-refractivity contribution >= 4 is 17.8 Å². The molecule has 2 unspecified atom stereocenters. The predicted octanol–water partition coefficient (Wildman–Crippen LogP) is 5.88. The first-order valence-electron chi connectivity index (χ1n) is 13.9. The SMILES string of the molecule is CCCCCCCCCCC(=O)OC(CCCC)CCCCCC(=O)NC(CCCN)C(=O)O. The third-order valence-electron chi connectivity index (χ3n) is 6.17. The van der Waals surface area contributed by atoms with Crippen LogP contribution in [0.15, 0.2) is 0 Å². The van der Waals surface area contributed by atoms with Crippen LogP contribution in [-0.4, -0.2) is 41.6 Å². The van der Waals surface area contributed by atoms with E-state index < -0.39 is 12.0 Å². The Morgan fingerprint density at radius 3 is 1.91 bits per heavy atom. The van der Waals surface area contributed by atoms with Crippen molar-refractivity contribution in [2.24, 2.45) is 5.73 Å². The molecule has 0 spiro atoms. The lowest BCUT2D eigenvalue weighted by atomic mass is 10.0. The van der Waals surface area contributed by atoms with Crippen molar-refractivity contribution in [2.75, 3.05) is 6.54 Å². The molecule has 0 aliphatic heterocycles. The maximum Gasteiger partial charge on any atom is 0.326 e. The zero-order chi connectivity index (χ0) is 25.4. The first kappa shape index (κ1) is 32.4. The van der Waals surface area contributed by atoms with Crippen LogP contribution in [-0.2, 0) is 19.1 Å². The van der Waals surface area contributed by atoms with E-state index in [0.717, 1.165) is 51.4 Å². The number of rotatable bonds is 24. The second-order valence-electron chi connectivity index (χ2n) is 9.47. The lowest BCUT2D eigenvalue weighted by Gasteiger charge is -2.18. The van der Waals surface area contributed by atoms with Crippen molar-refractivity contribution in [3.8, 4) is 0 Å². The van der Waals surface area contributed by atoms with E-state index in [2.05, 4.69) is 19.2 Å². The third-order valence-corrected chi connectivity index (χ3v) is 6.17. The number of nitrogens with one attached hydrogen (secondary N) is 1. The number of ether oxygens (including phenoxy) is 1. The Morgan fingerprint density at radius 2 is 1.29 bits per heavy atom. The van der Waals surface area contributed by atoms with Crippen molar-refractivity contribution in [1.29, 1.82) is 0 Å². The quantitative estimate of drug-likeness (QED) is 0.116. The van der Waals surface area contributed by atoms with Gasteiger partial charge in [-0.05, 0) is 51.5 Å². The summed E-state index contributed by atoms with van der Waals surface area (Å²) in [6.45, 7) is 4.77. The number of hydrogen-bond acceptors (Lipinski definition) is 5. The number of unbranched alkanes of at least 4 members (excludes halogenated alkanes) is 10. The van der Waals surface area contributed by atoms with Gasteiger partial charge in [-0.15, -0.1) is 0 Å². The van der Waals surface area contributed by atoms with Crippen LogP contribution in [0.25, 0.3) is 0 Å². The molecule has 200 valence electrons. The monoisotopic (exact) mass is 484 g/mol. The molecule has 0 saturated carbocycles. The molecule has 0 heterocycles. The molecule has 7 nitrogen and oxygen atoms in total. The highest BCUT2D eigenvalue weighted by Crippen LogP contribution is 2.16. The Labute approximate surface area is 208 Å². The van der Waals surface area contributed by atoms with Gasteiger partial charge in [-0.3, -0.25) is 9.59 Å². The Hall–Kier alpha value is -1.63.